The highest BCUT2D eigenvalue weighted by Gasteiger charge is 2.09. The number of benzene rings is 1. The number of amides is 1. The Bertz CT molecular complexity index is 458. The molecule has 0 aromatic heterocycles. The number of hydrogen-bond acceptors (Lipinski definition) is 5. The standard InChI is InChI=1S/C15H21NO5/c1-4-20-15(18)12-5-7-13(8-6-12)21-10-14(17)16-11(2)9-19-3/h5-8,11H,4,9-10H2,1-3H3,(H,16,17)/t11-/m1/s1. The third kappa shape index (κ3) is 6.27. The summed E-state index contributed by atoms with van der Waals surface area (Å²) >= 11 is 0. The maximum absolute atomic E-state index is 11.6. The van der Waals surface area contributed by atoms with Crippen LogP contribution in [0.3, 0.4) is 0 Å². The molecule has 0 aliphatic rings. The van der Waals surface area contributed by atoms with Gasteiger partial charge in [0.15, 0.2) is 6.61 Å². The molecule has 0 saturated heterocycles. The highest BCUT2D eigenvalue weighted by Crippen LogP contribution is 2.12. The van der Waals surface area contributed by atoms with Crippen molar-refractivity contribution < 1.29 is 23.8 Å². The Morgan fingerprint density at radius 1 is 1.24 bits per heavy atom. The normalized spacial score (nSPS) is 11.6. The lowest BCUT2D eigenvalue weighted by Gasteiger charge is -2.13. The Morgan fingerprint density at radius 2 is 1.90 bits per heavy atom. The van der Waals surface area contributed by atoms with Crippen LogP contribution in [-0.4, -0.2) is 44.8 Å². The first-order valence-corrected chi connectivity index (χ1v) is 6.75. The van der Waals surface area contributed by atoms with Gasteiger partial charge in [-0.15, -0.1) is 0 Å². The van der Waals surface area contributed by atoms with Gasteiger partial charge in [0, 0.05) is 13.2 Å². The van der Waals surface area contributed by atoms with Crippen LogP contribution in [0.25, 0.3) is 0 Å². The zero-order chi connectivity index (χ0) is 15.7. The van der Waals surface area contributed by atoms with Gasteiger partial charge in [-0.2, -0.15) is 0 Å². The second-order valence-electron chi connectivity index (χ2n) is 4.46. The quantitative estimate of drug-likeness (QED) is 0.734. The van der Waals surface area contributed by atoms with Gasteiger partial charge in [-0.3, -0.25) is 4.79 Å². The molecular weight excluding hydrogens is 274 g/mol. The SMILES string of the molecule is CCOC(=O)c1ccc(OCC(=O)N[C@H](C)COC)cc1. The van der Waals surface area contributed by atoms with Crippen molar-refractivity contribution >= 4 is 11.9 Å². The molecule has 1 N–H and O–H groups in total. The van der Waals surface area contributed by atoms with Gasteiger partial charge < -0.3 is 19.5 Å². The predicted octanol–water partition coefficient (Wildman–Crippen LogP) is 1.39. The molecule has 0 unspecified atom stereocenters. The average Bonchev–Trinajstić information content (AvgIpc) is 2.46. The first-order valence-electron chi connectivity index (χ1n) is 6.75. The van der Waals surface area contributed by atoms with Crippen molar-refractivity contribution in [2.24, 2.45) is 0 Å². The van der Waals surface area contributed by atoms with Gasteiger partial charge in [0.1, 0.15) is 5.75 Å². The summed E-state index contributed by atoms with van der Waals surface area (Å²) in [5.74, 6) is -0.0956. The summed E-state index contributed by atoms with van der Waals surface area (Å²) in [7, 11) is 1.57. The van der Waals surface area contributed by atoms with E-state index in [2.05, 4.69) is 5.32 Å². The molecule has 1 aromatic rings. The van der Waals surface area contributed by atoms with E-state index >= 15 is 0 Å². The van der Waals surface area contributed by atoms with E-state index in [9.17, 15) is 9.59 Å². The van der Waals surface area contributed by atoms with Gasteiger partial charge >= 0.3 is 5.97 Å². The fraction of sp³-hybridized carbons (Fsp3) is 0.467. The van der Waals surface area contributed by atoms with Crippen LogP contribution in [0.15, 0.2) is 24.3 Å². The lowest BCUT2D eigenvalue weighted by molar-refractivity contribution is -0.124. The van der Waals surface area contributed by atoms with E-state index in [-0.39, 0.29) is 24.5 Å². The summed E-state index contributed by atoms with van der Waals surface area (Å²) in [6.45, 7) is 4.28. The van der Waals surface area contributed by atoms with Crippen LogP contribution in [-0.2, 0) is 14.3 Å². The summed E-state index contributed by atoms with van der Waals surface area (Å²) in [5, 5.41) is 2.73. The number of ether oxygens (including phenoxy) is 3. The van der Waals surface area contributed by atoms with Gasteiger partial charge in [-0.05, 0) is 38.1 Å². The molecule has 0 bridgehead atoms. The molecule has 21 heavy (non-hydrogen) atoms. The summed E-state index contributed by atoms with van der Waals surface area (Å²) < 4.78 is 15.1. The van der Waals surface area contributed by atoms with E-state index < -0.39 is 0 Å². The van der Waals surface area contributed by atoms with E-state index in [1.54, 1.807) is 38.3 Å². The topological polar surface area (TPSA) is 73.9 Å². The molecule has 0 aliphatic heterocycles. The molecule has 116 valence electrons. The van der Waals surface area contributed by atoms with Crippen molar-refractivity contribution in [3.63, 3.8) is 0 Å². The predicted molar refractivity (Wildman–Crippen MR) is 77.4 cm³/mol. The number of methoxy groups -OCH3 is 1. The molecule has 1 atom stereocenters. The van der Waals surface area contributed by atoms with Gasteiger partial charge in [0.2, 0.25) is 0 Å². The molecule has 0 fully saturated rings. The fourth-order valence-corrected chi connectivity index (χ4v) is 1.66. The monoisotopic (exact) mass is 295 g/mol. The summed E-state index contributed by atoms with van der Waals surface area (Å²) in [4.78, 5) is 23.1. The van der Waals surface area contributed by atoms with Crippen molar-refractivity contribution in [2.45, 2.75) is 19.9 Å². The summed E-state index contributed by atoms with van der Waals surface area (Å²) in [6, 6.07) is 6.37. The van der Waals surface area contributed by atoms with Crippen LogP contribution in [0.1, 0.15) is 24.2 Å². The molecule has 0 spiro atoms. The zero-order valence-corrected chi connectivity index (χ0v) is 12.5. The molecule has 6 heteroatoms. The van der Waals surface area contributed by atoms with Crippen molar-refractivity contribution in [2.75, 3.05) is 26.9 Å². The molecule has 0 radical (unpaired) electrons. The van der Waals surface area contributed by atoms with E-state index in [1.165, 1.54) is 0 Å². The number of hydrogen-bond donors (Lipinski definition) is 1. The lowest BCUT2D eigenvalue weighted by atomic mass is 10.2. The van der Waals surface area contributed by atoms with Crippen LogP contribution in [0.4, 0.5) is 0 Å². The molecule has 1 aromatic carbocycles. The molecule has 0 saturated carbocycles. The van der Waals surface area contributed by atoms with Crippen molar-refractivity contribution in [3.8, 4) is 5.75 Å². The highest BCUT2D eigenvalue weighted by atomic mass is 16.5. The Morgan fingerprint density at radius 3 is 2.48 bits per heavy atom. The van der Waals surface area contributed by atoms with Crippen LogP contribution in [0.2, 0.25) is 0 Å². The third-order valence-electron chi connectivity index (χ3n) is 2.56. The molecule has 0 heterocycles. The van der Waals surface area contributed by atoms with Crippen molar-refractivity contribution in [1.82, 2.24) is 5.32 Å². The number of nitrogens with one attached hydrogen (secondary N) is 1. The summed E-state index contributed by atoms with van der Waals surface area (Å²) in [5.41, 5.74) is 0.447. The maximum atomic E-state index is 11.6. The largest absolute Gasteiger partial charge is 0.484 e. The lowest BCUT2D eigenvalue weighted by Crippen LogP contribution is -2.38. The molecule has 1 amide bonds. The first-order chi connectivity index (χ1) is 10.1. The van der Waals surface area contributed by atoms with E-state index in [1.807, 2.05) is 6.92 Å². The smallest absolute Gasteiger partial charge is 0.338 e. The third-order valence-corrected chi connectivity index (χ3v) is 2.56. The van der Waals surface area contributed by atoms with E-state index in [0.29, 0.717) is 24.5 Å². The van der Waals surface area contributed by atoms with Crippen LogP contribution < -0.4 is 10.1 Å². The van der Waals surface area contributed by atoms with Gasteiger partial charge in [-0.1, -0.05) is 0 Å². The minimum absolute atomic E-state index is 0.0720. The van der Waals surface area contributed by atoms with Gasteiger partial charge in [0.25, 0.3) is 5.91 Å². The van der Waals surface area contributed by atoms with Gasteiger partial charge in [0.05, 0.1) is 18.8 Å². The molecule has 6 nitrogen and oxygen atoms in total. The maximum Gasteiger partial charge on any atom is 0.338 e. The van der Waals surface area contributed by atoms with Crippen molar-refractivity contribution in [3.05, 3.63) is 29.8 Å². The van der Waals surface area contributed by atoms with E-state index in [0.717, 1.165) is 0 Å². The molecule has 1 rings (SSSR count). The second-order valence-corrected chi connectivity index (χ2v) is 4.46. The van der Waals surface area contributed by atoms with Gasteiger partial charge in [-0.25, -0.2) is 4.79 Å². The Hall–Kier alpha value is -2.08. The average molecular weight is 295 g/mol. The Labute approximate surface area is 124 Å². The van der Waals surface area contributed by atoms with Crippen LogP contribution >= 0.6 is 0 Å². The van der Waals surface area contributed by atoms with Crippen LogP contribution in [0.5, 0.6) is 5.75 Å². The fourth-order valence-electron chi connectivity index (χ4n) is 1.66. The summed E-state index contributed by atoms with van der Waals surface area (Å²) in [6.07, 6.45) is 0. The Balaban J connectivity index is 2.42. The number of carbonyl (C=O) groups is 2. The number of rotatable bonds is 8. The van der Waals surface area contributed by atoms with E-state index in [4.69, 9.17) is 14.2 Å². The van der Waals surface area contributed by atoms with Crippen molar-refractivity contribution in [1.29, 1.82) is 0 Å². The second kappa shape index (κ2) is 8.97. The molecule has 0 aliphatic carbocycles. The minimum Gasteiger partial charge on any atom is -0.484 e. The Kier molecular flexibility index (Phi) is 7.25. The van der Waals surface area contributed by atoms with Crippen LogP contribution in [0, 0.1) is 0 Å². The highest BCUT2D eigenvalue weighted by molar-refractivity contribution is 5.89. The number of esters is 1. The number of carbonyl (C=O) groups excluding carboxylic acids is 2. The minimum atomic E-state index is -0.379. The molecular formula is C15H21NO5. The zero-order valence-electron chi connectivity index (χ0n) is 12.5. The first kappa shape index (κ1) is 17.0.